The van der Waals surface area contributed by atoms with Crippen LogP contribution in [0, 0.1) is 13.8 Å². The largest absolute Gasteiger partial charge is 0.435 e. The van der Waals surface area contributed by atoms with Crippen LogP contribution >= 0.6 is 0 Å². The Morgan fingerprint density at radius 3 is 2.56 bits per heavy atom. The van der Waals surface area contributed by atoms with Crippen molar-refractivity contribution in [2.45, 2.75) is 33.6 Å². The summed E-state index contributed by atoms with van der Waals surface area (Å²) >= 11 is 0. The van der Waals surface area contributed by atoms with Gasteiger partial charge < -0.3 is 4.74 Å². The van der Waals surface area contributed by atoms with Gasteiger partial charge in [0.2, 0.25) is 0 Å². The Morgan fingerprint density at radius 2 is 2.19 bits per heavy atom. The molecule has 0 aromatic carbocycles. The molecule has 4 heteroatoms. The summed E-state index contributed by atoms with van der Waals surface area (Å²) in [6.45, 7) is 6.05. The summed E-state index contributed by atoms with van der Waals surface area (Å²) in [6.07, 6.45) is 6.32. The molecule has 2 rings (SSSR count). The van der Waals surface area contributed by atoms with E-state index in [-0.39, 0.29) is 5.97 Å². The van der Waals surface area contributed by atoms with E-state index in [1.807, 2.05) is 20.0 Å². The van der Waals surface area contributed by atoms with Crippen LogP contribution in [0.1, 0.15) is 30.4 Å². The van der Waals surface area contributed by atoms with Crippen molar-refractivity contribution in [3.05, 3.63) is 35.6 Å². The van der Waals surface area contributed by atoms with Gasteiger partial charge in [0.25, 0.3) is 0 Å². The number of aryl methyl sites for hydroxylation is 3. The van der Waals surface area contributed by atoms with Gasteiger partial charge in [-0.25, -0.2) is 0 Å². The van der Waals surface area contributed by atoms with Gasteiger partial charge in [0.15, 0.2) is 0 Å². The molecule has 86 valence electrons. The number of rotatable bonds is 1. The van der Waals surface area contributed by atoms with Crippen molar-refractivity contribution in [1.29, 1.82) is 0 Å². The van der Waals surface area contributed by atoms with Crippen LogP contribution in [0.25, 0.3) is 0 Å². The lowest BCUT2D eigenvalue weighted by Gasteiger charge is -1.99. The van der Waals surface area contributed by atoms with E-state index in [0.29, 0.717) is 6.42 Å². The molecule has 1 aromatic rings. The lowest BCUT2D eigenvalue weighted by molar-refractivity contribution is -0.135. The minimum Gasteiger partial charge on any atom is -0.435 e. The zero-order valence-corrected chi connectivity index (χ0v) is 9.86. The predicted molar refractivity (Wildman–Crippen MR) is 60.7 cm³/mol. The van der Waals surface area contributed by atoms with Gasteiger partial charge in [-0.15, -0.1) is 0 Å². The SMILES string of the molecule is CCc1ncc(C)nc1C.O=C1CC=CO1. The molecule has 16 heavy (non-hydrogen) atoms. The normalized spacial score (nSPS) is 13.1. The number of cyclic esters (lactones) is 1. The first-order chi connectivity index (χ1) is 7.63. The van der Waals surface area contributed by atoms with E-state index in [2.05, 4.69) is 21.6 Å². The molecule has 0 saturated carbocycles. The summed E-state index contributed by atoms with van der Waals surface area (Å²) in [7, 11) is 0. The van der Waals surface area contributed by atoms with Gasteiger partial charge in [0, 0.05) is 6.20 Å². The maximum atomic E-state index is 9.96. The second-order valence-electron chi connectivity index (χ2n) is 3.46. The summed E-state index contributed by atoms with van der Waals surface area (Å²) in [5.41, 5.74) is 3.16. The summed E-state index contributed by atoms with van der Waals surface area (Å²) in [6, 6.07) is 0. The van der Waals surface area contributed by atoms with Gasteiger partial charge >= 0.3 is 5.97 Å². The van der Waals surface area contributed by atoms with Crippen molar-refractivity contribution < 1.29 is 9.53 Å². The van der Waals surface area contributed by atoms with Gasteiger partial charge in [-0.05, 0) is 26.3 Å². The molecular weight excluding hydrogens is 204 g/mol. The van der Waals surface area contributed by atoms with Gasteiger partial charge in [0.05, 0.1) is 29.8 Å². The average Bonchev–Trinajstić information content (AvgIpc) is 2.70. The van der Waals surface area contributed by atoms with Crippen LogP contribution in [0.15, 0.2) is 18.5 Å². The number of aromatic nitrogens is 2. The fraction of sp³-hybridized carbons (Fsp3) is 0.417. The summed E-state index contributed by atoms with van der Waals surface area (Å²) < 4.78 is 4.33. The Bertz CT molecular complexity index is 390. The molecule has 1 aromatic heterocycles. The molecule has 0 atom stereocenters. The quantitative estimate of drug-likeness (QED) is 0.680. The number of nitrogens with zero attached hydrogens (tertiary/aromatic N) is 2. The van der Waals surface area contributed by atoms with Gasteiger partial charge in [-0.3, -0.25) is 14.8 Å². The van der Waals surface area contributed by atoms with E-state index >= 15 is 0 Å². The maximum Gasteiger partial charge on any atom is 0.314 e. The fourth-order valence-corrected chi connectivity index (χ4v) is 1.29. The number of hydrogen-bond donors (Lipinski definition) is 0. The van der Waals surface area contributed by atoms with E-state index in [1.165, 1.54) is 6.26 Å². The number of carbonyl (C=O) groups excluding carboxylic acids is 1. The first-order valence-corrected chi connectivity index (χ1v) is 5.27. The molecule has 2 heterocycles. The Morgan fingerprint density at radius 1 is 1.44 bits per heavy atom. The smallest absolute Gasteiger partial charge is 0.314 e. The highest BCUT2D eigenvalue weighted by atomic mass is 16.5. The summed E-state index contributed by atoms with van der Waals surface area (Å²) in [5.74, 6) is -0.157. The van der Waals surface area contributed by atoms with Crippen molar-refractivity contribution in [2.24, 2.45) is 0 Å². The molecule has 1 aliphatic rings. The van der Waals surface area contributed by atoms with Gasteiger partial charge in [-0.1, -0.05) is 6.92 Å². The fourth-order valence-electron chi connectivity index (χ4n) is 1.29. The van der Waals surface area contributed by atoms with Crippen molar-refractivity contribution in [2.75, 3.05) is 0 Å². The highest BCUT2D eigenvalue weighted by Crippen LogP contribution is 2.01. The number of esters is 1. The molecule has 0 fully saturated rings. The third-order valence-electron chi connectivity index (χ3n) is 2.08. The summed E-state index contributed by atoms with van der Waals surface area (Å²) in [5, 5.41) is 0. The molecule has 0 aliphatic carbocycles. The molecule has 0 N–H and O–H groups in total. The van der Waals surface area contributed by atoms with Crippen molar-refractivity contribution >= 4 is 5.97 Å². The third-order valence-corrected chi connectivity index (χ3v) is 2.08. The molecule has 0 spiro atoms. The maximum absolute atomic E-state index is 9.96. The van der Waals surface area contributed by atoms with Gasteiger partial charge in [-0.2, -0.15) is 0 Å². The zero-order valence-electron chi connectivity index (χ0n) is 9.86. The highest BCUT2D eigenvalue weighted by Gasteiger charge is 2.00. The van der Waals surface area contributed by atoms with Crippen LogP contribution in [0.4, 0.5) is 0 Å². The van der Waals surface area contributed by atoms with E-state index in [0.717, 1.165) is 23.5 Å². The van der Waals surface area contributed by atoms with Crippen LogP contribution < -0.4 is 0 Å². The molecule has 0 unspecified atom stereocenters. The third kappa shape index (κ3) is 3.81. The molecule has 4 nitrogen and oxygen atoms in total. The Kier molecular flexibility index (Phi) is 4.64. The lowest BCUT2D eigenvalue weighted by Crippen LogP contribution is -1.96. The zero-order chi connectivity index (χ0) is 12.0. The van der Waals surface area contributed by atoms with Gasteiger partial charge in [0.1, 0.15) is 0 Å². The summed E-state index contributed by atoms with van der Waals surface area (Å²) in [4.78, 5) is 18.5. The topological polar surface area (TPSA) is 52.1 Å². The second kappa shape index (κ2) is 6.00. The molecule has 1 aliphatic heterocycles. The number of hydrogen-bond acceptors (Lipinski definition) is 4. The lowest BCUT2D eigenvalue weighted by atomic mass is 10.2. The van der Waals surface area contributed by atoms with Crippen LogP contribution in [0.5, 0.6) is 0 Å². The molecular formula is C12H16N2O2. The Hall–Kier alpha value is -1.71. The standard InChI is InChI=1S/C8H12N2.C4H4O2/c1-4-8-7(3)10-6(2)5-9-8;5-4-2-1-3-6-4/h5H,4H2,1-3H3;1,3H,2H2. The minimum atomic E-state index is -0.157. The van der Waals surface area contributed by atoms with E-state index in [4.69, 9.17) is 0 Å². The molecule has 0 bridgehead atoms. The highest BCUT2D eigenvalue weighted by molar-refractivity contribution is 5.73. The van der Waals surface area contributed by atoms with Crippen molar-refractivity contribution in [1.82, 2.24) is 9.97 Å². The monoisotopic (exact) mass is 220 g/mol. The molecule has 0 saturated heterocycles. The van der Waals surface area contributed by atoms with Crippen molar-refractivity contribution in [3.8, 4) is 0 Å². The van der Waals surface area contributed by atoms with Crippen LogP contribution in [0.3, 0.4) is 0 Å². The number of ether oxygens (including phenoxy) is 1. The Balaban J connectivity index is 0.000000181. The van der Waals surface area contributed by atoms with E-state index in [9.17, 15) is 4.79 Å². The van der Waals surface area contributed by atoms with Crippen LogP contribution in [0.2, 0.25) is 0 Å². The number of carbonyl (C=O) groups is 1. The van der Waals surface area contributed by atoms with E-state index < -0.39 is 0 Å². The molecule has 0 radical (unpaired) electrons. The Labute approximate surface area is 95.4 Å². The van der Waals surface area contributed by atoms with Crippen LogP contribution in [-0.2, 0) is 16.0 Å². The second-order valence-corrected chi connectivity index (χ2v) is 3.46. The predicted octanol–water partition coefficient (Wildman–Crippen LogP) is 2.10. The van der Waals surface area contributed by atoms with Crippen LogP contribution in [-0.4, -0.2) is 15.9 Å². The molecule has 0 amide bonds. The average molecular weight is 220 g/mol. The van der Waals surface area contributed by atoms with Crippen molar-refractivity contribution in [3.63, 3.8) is 0 Å². The minimum absolute atomic E-state index is 0.157. The first-order valence-electron chi connectivity index (χ1n) is 5.27. The first kappa shape index (κ1) is 12.4. The van der Waals surface area contributed by atoms with E-state index in [1.54, 1.807) is 6.08 Å².